The molecule has 0 aromatic carbocycles. The third-order valence-electron chi connectivity index (χ3n) is 4.30. The second-order valence-electron chi connectivity index (χ2n) is 8.52. The summed E-state index contributed by atoms with van der Waals surface area (Å²) >= 11 is 0. The van der Waals surface area contributed by atoms with Crippen LogP contribution in [0.15, 0.2) is 55.2 Å². The van der Waals surface area contributed by atoms with Gasteiger partial charge in [-0.25, -0.2) is 14.5 Å². The lowest BCUT2D eigenvalue weighted by molar-refractivity contribution is 0.548. The SMILES string of the molecule is CC(C)(C)c1cccc2ncnn12.CC(C)(C)c1cccn2ccnc12. The Hall–Kier alpha value is -2.69. The van der Waals surface area contributed by atoms with Crippen molar-refractivity contribution in [2.45, 2.75) is 52.4 Å². The Kier molecular flexibility index (Phi) is 4.57. The summed E-state index contributed by atoms with van der Waals surface area (Å²) in [6, 6.07) is 10.3. The van der Waals surface area contributed by atoms with E-state index in [0.717, 1.165) is 11.3 Å². The molecule has 0 atom stereocenters. The average molecular weight is 349 g/mol. The first-order chi connectivity index (χ1) is 12.2. The molecule has 0 aliphatic heterocycles. The van der Waals surface area contributed by atoms with Crippen LogP contribution in [0.2, 0.25) is 0 Å². The molecule has 0 amide bonds. The number of hydrogen-bond acceptors (Lipinski definition) is 3. The molecule has 26 heavy (non-hydrogen) atoms. The van der Waals surface area contributed by atoms with Crippen LogP contribution in [0.1, 0.15) is 52.8 Å². The molecule has 0 fully saturated rings. The average Bonchev–Trinajstić information content (AvgIpc) is 3.21. The lowest BCUT2D eigenvalue weighted by Gasteiger charge is -2.19. The minimum Gasteiger partial charge on any atom is -0.307 e. The molecule has 0 unspecified atom stereocenters. The molecule has 5 heteroatoms. The molecule has 0 aliphatic carbocycles. The Balaban J connectivity index is 0.000000151. The Labute approximate surface area is 154 Å². The minimum absolute atomic E-state index is 0.104. The fourth-order valence-electron chi connectivity index (χ4n) is 2.95. The zero-order valence-electron chi connectivity index (χ0n) is 16.4. The Morgan fingerprint density at radius 2 is 1.58 bits per heavy atom. The van der Waals surface area contributed by atoms with Crippen LogP contribution in [0, 0.1) is 0 Å². The summed E-state index contributed by atoms with van der Waals surface area (Å²) in [5, 5.41) is 4.19. The maximum Gasteiger partial charge on any atom is 0.155 e. The van der Waals surface area contributed by atoms with E-state index in [1.165, 1.54) is 11.3 Å². The summed E-state index contributed by atoms with van der Waals surface area (Å²) in [6.07, 6.45) is 7.43. The lowest BCUT2D eigenvalue weighted by atomic mass is 9.88. The van der Waals surface area contributed by atoms with Crippen LogP contribution in [0.25, 0.3) is 11.3 Å². The van der Waals surface area contributed by atoms with E-state index < -0.39 is 0 Å². The van der Waals surface area contributed by atoms with E-state index in [2.05, 4.69) is 79.2 Å². The third-order valence-corrected chi connectivity index (χ3v) is 4.30. The number of rotatable bonds is 0. The fraction of sp³-hybridized carbons (Fsp3) is 0.381. The fourth-order valence-corrected chi connectivity index (χ4v) is 2.95. The molecular weight excluding hydrogens is 322 g/mol. The Bertz CT molecular complexity index is 928. The summed E-state index contributed by atoms with van der Waals surface area (Å²) in [5.74, 6) is 0. The Morgan fingerprint density at radius 1 is 0.808 bits per heavy atom. The first kappa shape index (κ1) is 18.1. The molecule has 136 valence electrons. The predicted molar refractivity (Wildman–Crippen MR) is 106 cm³/mol. The van der Waals surface area contributed by atoms with Crippen LogP contribution < -0.4 is 0 Å². The van der Waals surface area contributed by atoms with Gasteiger partial charge in [0.15, 0.2) is 5.65 Å². The first-order valence-electron chi connectivity index (χ1n) is 8.89. The van der Waals surface area contributed by atoms with Gasteiger partial charge in [-0.15, -0.1) is 0 Å². The van der Waals surface area contributed by atoms with Gasteiger partial charge < -0.3 is 4.40 Å². The van der Waals surface area contributed by atoms with E-state index in [4.69, 9.17) is 0 Å². The number of fused-ring (bicyclic) bond motifs is 2. The molecule has 0 saturated carbocycles. The summed E-state index contributed by atoms with van der Waals surface area (Å²) < 4.78 is 3.95. The van der Waals surface area contributed by atoms with Crippen molar-refractivity contribution in [3.05, 3.63) is 66.5 Å². The molecule has 5 nitrogen and oxygen atoms in total. The summed E-state index contributed by atoms with van der Waals surface area (Å²) in [5.41, 5.74) is 4.71. The van der Waals surface area contributed by atoms with E-state index in [1.54, 1.807) is 6.33 Å². The van der Waals surface area contributed by atoms with Gasteiger partial charge in [0.2, 0.25) is 0 Å². The van der Waals surface area contributed by atoms with Crippen molar-refractivity contribution in [2.24, 2.45) is 0 Å². The monoisotopic (exact) mass is 349 g/mol. The second kappa shape index (κ2) is 6.56. The molecule has 0 radical (unpaired) electrons. The van der Waals surface area contributed by atoms with Crippen LogP contribution in [-0.2, 0) is 10.8 Å². The van der Waals surface area contributed by atoms with Crippen molar-refractivity contribution in [3.8, 4) is 0 Å². The molecule has 4 aromatic heterocycles. The van der Waals surface area contributed by atoms with Gasteiger partial charge in [-0.2, -0.15) is 5.10 Å². The zero-order chi connectivity index (χ0) is 18.9. The number of aromatic nitrogens is 5. The van der Waals surface area contributed by atoms with E-state index in [1.807, 2.05) is 35.2 Å². The summed E-state index contributed by atoms with van der Waals surface area (Å²) in [7, 11) is 0. The number of hydrogen-bond donors (Lipinski definition) is 0. The highest BCUT2D eigenvalue weighted by atomic mass is 15.3. The van der Waals surface area contributed by atoms with Gasteiger partial charge in [0, 0.05) is 35.3 Å². The van der Waals surface area contributed by atoms with Crippen molar-refractivity contribution in [2.75, 3.05) is 0 Å². The smallest absolute Gasteiger partial charge is 0.155 e. The highest BCUT2D eigenvalue weighted by Gasteiger charge is 2.18. The molecule has 0 bridgehead atoms. The molecule has 0 N–H and O–H groups in total. The Morgan fingerprint density at radius 3 is 2.27 bits per heavy atom. The van der Waals surface area contributed by atoms with Gasteiger partial charge in [-0.3, -0.25) is 0 Å². The maximum absolute atomic E-state index is 4.35. The molecule has 4 aromatic rings. The van der Waals surface area contributed by atoms with Crippen molar-refractivity contribution in [3.63, 3.8) is 0 Å². The summed E-state index contributed by atoms with van der Waals surface area (Å²) in [6.45, 7) is 13.1. The van der Waals surface area contributed by atoms with Crippen molar-refractivity contribution < 1.29 is 0 Å². The normalized spacial score (nSPS) is 12.2. The molecule has 4 rings (SSSR count). The van der Waals surface area contributed by atoms with Gasteiger partial charge in [-0.1, -0.05) is 53.7 Å². The van der Waals surface area contributed by atoms with Crippen LogP contribution in [0.3, 0.4) is 0 Å². The van der Waals surface area contributed by atoms with Crippen LogP contribution >= 0.6 is 0 Å². The molecule has 0 spiro atoms. The quantitative estimate of drug-likeness (QED) is 0.464. The van der Waals surface area contributed by atoms with Crippen molar-refractivity contribution in [1.82, 2.24) is 24.0 Å². The lowest BCUT2D eigenvalue weighted by Crippen LogP contribution is -2.16. The van der Waals surface area contributed by atoms with Gasteiger partial charge in [-0.05, 0) is 23.6 Å². The van der Waals surface area contributed by atoms with E-state index in [0.29, 0.717) is 0 Å². The zero-order valence-corrected chi connectivity index (χ0v) is 16.4. The maximum atomic E-state index is 4.35. The van der Waals surface area contributed by atoms with Gasteiger partial charge in [0.1, 0.15) is 12.0 Å². The third kappa shape index (κ3) is 3.62. The second-order valence-corrected chi connectivity index (χ2v) is 8.52. The minimum atomic E-state index is 0.104. The van der Waals surface area contributed by atoms with Gasteiger partial charge in [0.05, 0.1) is 0 Å². The van der Waals surface area contributed by atoms with Crippen molar-refractivity contribution >= 4 is 11.3 Å². The van der Waals surface area contributed by atoms with Crippen LogP contribution in [-0.4, -0.2) is 24.0 Å². The predicted octanol–water partition coefficient (Wildman–Crippen LogP) is 4.66. The van der Waals surface area contributed by atoms with Gasteiger partial charge in [0.25, 0.3) is 0 Å². The standard InChI is InChI=1S/C11H14N2.C10H13N3/c1-11(2,3)9-5-4-7-13-8-6-12-10(9)13;1-10(2,3)8-5-4-6-9-11-7-12-13(8)9/h4-8H,1-3H3;4-7H,1-3H3. The van der Waals surface area contributed by atoms with E-state index in [-0.39, 0.29) is 10.8 Å². The first-order valence-corrected chi connectivity index (χ1v) is 8.89. The molecular formula is C21H27N5. The molecule has 4 heterocycles. The topological polar surface area (TPSA) is 47.5 Å². The highest BCUT2D eigenvalue weighted by molar-refractivity contribution is 5.51. The molecule has 0 aliphatic rings. The van der Waals surface area contributed by atoms with Crippen LogP contribution in [0.5, 0.6) is 0 Å². The molecule has 0 saturated heterocycles. The highest BCUT2D eigenvalue weighted by Crippen LogP contribution is 2.25. The van der Waals surface area contributed by atoms with Crippen LogP contribution in [0.4, 0.5) is 0 Å². The largest absolute Gasteiger partial charge is 0.307 e. The number of imidazole rings is 1. The number of pyridine rings is 2. The van der Waals surface area contributed by atoms with E-state index in [9.17, 15) is 0 Å². The number of nitrogens with zero attached hydrogens (tertiary/aromatic N) is 5. The van der Waals surface area contributed by atoms with E-state index >= 15 is 0 Å². The van der Waals surface area contributed by atoms with Gasteiger partial charge >= 0.3 is 0 Å². The summed E-state index contributed by atoms with van der Waals surface area (Å²) in [4.78, 5) is 8.49. The van der Waals surface area contributed by atoms with Crippen molar-refractivity contribution in [1.29, 1.82) is 0 Å².